The fourth-order valence-electron chi connectivity index (χ4n) is 3.03. The predicted molar refractivity (Wildman–Crippen MR) is 75.9 cm³/mol. The third kappa shape index (κ3) is 1.34. The zero-order chi connectivity index (χ0) is 11.4. The Hall–Kier alpha value is -0.870. The van der Waals surface area contributed by atoms with Crippen LogP contribution in [0.3, 0.4) is 0 Å². The number of rotatable bonds is 0. The summed E-state index contributed by atoms with van der Waals surface area (Å²) < 4.78 is 0. The zero-order valence-electron chi connectivity index (χ0n) is 9.53. The van der Waals surface area contributed by atoms with Gasteiger partial charge in [0.25, 0.3) is 0 Å². The van der Waals surface area contributed by atoms with E-state index in [1.807, 2.05) is 11.3 Å². The molecule has 0 saturated heterocycles. The fraction of sp³-hybridized carbons (Fsp3) is 0.462. The van der Waals surface area contributed by atoms with Crippen LogP contribution in [0.1, 0.15) is 28.8 Å². The molecule has 1 aliphatic carbocycles. The van der Waals surface area contributed by atoms with Crippen molar-refractivity contribution in [3.05, 3.63) is 28.2 Å². The average molecular weight is 262 g/mol. The molecule has 4 heteroatoms. The van der Waals surface area contributed by atoms with Crippen molar-refractivity contribution in [2.24, 2.45) is 0 Å². The molecule has 4 rings (SSSR count). The van der Waals surface area contributed by atoms with Crippen molar-refractivity contribution in [1.82, 2.24) is 4.90 Å². The van der Waals surface area contributed by atoms with Crippen molar-refractivity contribution < 1.29 is 0 Å². The summed E-state index contributed by atoms with van der Waals surface area (Å²) in [6.07, 6.45) is 9.84. The van der Waals surface area contributed by atoms with Gasteiger partial charge in [0.15, 0.2) is 0 Å². The lowest BCUT2D eigenvalue weighted by Crippen LogP contribution is -2.44. The molecule has 1 aromatic heterocycles. The molecule has 0 amide bonds. The van der Waals surface area contributed by atoms with Gasteiger partial charge in [0.1, 0.15) is 16.2 Å². The van der Waals surface area contributed by atoms with Crippen molar-refractivity contribution in [2.45, 2.75) is 31.8 Å². The number of anilines is 1. The van der Waals surface area contributed by atoms with E-state index in [1.54, 1.807) is 10.4 Å². The minimum absolute atomic E-state index is 0.301. The molecule has 2 nitrogen and oxygen atoms in total. The van der Waals surface area contributed by atoms with Crippen molar-refractivity contribution >= 4 is 33.5 Å². The van der Waals surface area contributed by atoms with Crippen LogP contribution in [0, 0.1) is 0 Å². The van der Waals surface area contributed by atoms with Crippen molar-refractivity contribution in [3.8, 4) is 0 Å². The summed E-state index contributed by atoms with van der Waals surface area (Å²) in [5.74, 6) is 0. The lowest BCUT2D eigenvalue weighted by atomic mass is 9.94. The Morgan fingerprint density at radius 1 is 1.35 bits per heavy atom. The van der Waals surface area contributed by atoms with Gasteiger partial charge in [-0.15, -0.1) is 11.3 Å². The number of nitrogens with one attached hydrogen (secondary N) is 1. The molecule has 3 heterocycles. The third-order valence-corrected chi connectivity index (χ3v) is 5.54. The number of aryl methyl sites for hydroxylation is 1. The lowest BCUT2D eigenvalue weighted by Gasteiger charge is -2.33. The highest BCUT2D eigenvalue weighted by Gasteiger charge is 2.34. The van der Waals surface area contributed by atoms with E-state index < -0.39 is 0 Å². The number of nitrogens with zero attached hydrogens (tertiary/aromatic N) is 1. The van der Waals surface area contributed by atoms with E-state index in [-0.39, 0.29) is 0 Å². The minimum Gasteiger partial charge on any atom is -0.353 e. The smallest absolute Gasteiger partial charge is 0.120 e. The standard InChI is InChI=1S/C13H14N2S2/c16-13-11-8-4-1-2-5-9(8)17-12(11)14-10-6-3-7-15(10)13/h3,6,10,14H,1-2,4-5,7H2. The van der Waals surface area contributed by atoms with Gasteiger partial charge in [0.2, 0.25) is 0 Å². The summed E-state index contributed by atoms with van der Waals surface area (Å²) in [4.78, 5) is 4.92. The van der Waals surface area contributed by atoms with Crippen LogP contribution in [-0.4, -0.2) is 22.6 Å². The van der Waals surface area contributed by atoms with Crippen molar-refractivity contribution in [3.63, 3.8) is 0 Å². The summed E-state index contributed by atoms with van der Waals surface area (Å²) in [5.41, 5.74) is 2.89. The van der Waals surface area contributed by atoms with Gasteiger partial charge in [-0.2, -0.15) is 0 Å². The Labute approximate surface area is 110 Å². The van der Waals surface area contributed by atoms with E-state index in [4.69, 9.17) is 12.2 Å². The summed E-state index contributed by atoms with van der Waals surface area (Å²) in [7, 11) is 0. The minimum atomic E-state index is 0.301. The highest BCUT2D eigenvalue weighted by molar-refractivity contribution is 7.80. The molecule has 0 fully saturated rings. The van der Waals surface area contributed by atoms with Crippen LogP contribution < -0.4 is 5.32 Å². The van der Waals surface area contributed by atoms with Crippen LogP contribution in [0.2, 0.25) is 0 Å². The van der Waals surface area contributed by atoms with E-state index in [2.05, 4.69) is 22.4 Å². The van der Waals surface area contributed by atoms with E-state index in [0.29, 0.717) is 6.17 Å². The summed E-state index contributed by atoms with van der Waals surface area (Å²) >= 11 is 7.62. The molecule has 1 atom stereocenters. The molecule has 2 aliphatic heterocycles. The fourth-order valence-corrected chi connectivity index (χ4v) is 4.83. The van der Waals surface area contributed by atoms with Gasteiger partial charge >= 0.3 is 0 Å². The van der Waals surface area contributed by atoms with Crippen LogP contribution in [0.5, 0.6) is 0 Å². The first-order chi connectivity index (χ1) is 8.34. The average Bonchev–Trinajstić information content (AvgIpc) is 2.92. The maximum atomic E-state index is 5.69. The third-order valence-electron chi connectivity index (χ3n) is 3.88. The van der Waals surface area contributed by atoms with Gasteiger partial charge in [0.05, 0.1) is 0 Å². The first kappa shape index (κ1) is 10.1. The molecule has 0 spiro atoms. The molecule has 1 N–H and O–H groups in total. The molecule has 0 saturated carbocycles. The van der Waals surface area contributed by atoms with Gasteiger partial charge in [-0.05, 0) is 37.3 Å². The first-order valence-corrected chi connectivity index (χ1v) is 7.46. The highest BCUT2D eigenvalue weighted by atomic mass is 32.1. The topological polar surface area (TPSA) is 15.3 Å². The van der Waals surface area contributed by atoms with Crippen LogP contribution in [-0.2, 0) is 12.8 Å². The molecule has 88 valence electrons. The molecule has 17 heavy (non-hydrogen) atoms. The van der Waals surface area contributed by atoms with Gasteiger partial charge in [-0.1, -0.05) is 18.3 Å². The van der Waals surface area contributed by atoms with E-state index in [9.17, 15) is 0 Å². The van der Waals surface area contributed by atoms with Gasteiger partial charge in [-0.25, -0.2) is 0 Å². The summed E-state index contributed by atoms with van der Waals surface area (Å²) in [6, 6.07) is 0. The molecule has 1 aromatic rings. The van der Waals surface area contributed by atoms with E-state index >= 15 is 0 Å². The van der Waals surface area contributed by atoms with Crippen LogP contribution >= 0.6 is 23.6 Å². The van der Waals surface area contributed by atoms with Crippen LogP contribution in [0.25, 0.3) is 0 Å². The lowest BCUT2D eigenvalue weighted by molar-refractivity contribution is 0.452. The SMILES string of the molecule is S=C1c2c(sc3c2CCCC3)NC2C=CCN12. The van der Waals surface area contributed by atoms with Gasteiger partial charge in [0, 0.05) is 17.0 Å². The Kier molecular flexibility index (Phi) is 2.11. The Balaban J connectivity index is 1.86. The number of hydrogen-bond donors (Lipinski definition) is 1. The second-order valence-corrected chi connectivity index (χ2v) is 6.38. The molecule has 0 bridgehead atoms. The molecular weight excluding hydrogens is 248 g/mol. The van der Waals surface area contributed by atoms with Gasteiger partial charge < -0.3 is 10.2 Å². The highest BCUT2D eigenvalue weighted by Crippen LogP contribution is 2.42. The first-order valence-electron chi connectivity index (χ1n) is 6.23. The maximum absolute atomic E-state index is 5.69. The monoisotopic (exact) mass is 262 g/mol. The Morgan fingerprint density at radius 2 is 2.24 bits per heavy atom. The predicted octanol–water partition coefficient (Wildman–Crippen LogP) is 2.93. The normalized spacial score (nSPS) is 25.3. The zero-order valence-corrected chi connectivity index (χ0v) is 11.2. The molecular formula is C13H14N2S2. The summed E-state index contributed by atoms with van der Waals surface area (Å²) in [6.45, 7) is 0.959. The van der Waals surface area contributed by atoms with E-state index in [1.165, 1.54) is 36.2 Å². The molecule has 0 radical (unpaired) electrons. The Bertz CT molecular complexity index is 530. The molecule has 0 aromatic carbocycles. The van der Waals surface area contributed by atoms with Crippen molar-refractivity contribution in [2.75, 3.05) is 11.9 Å². The van der Waals surface area contributed by atoms with Crippen molar-refractivity contribution in [1.29, 1.82) is 0 Å². The quantitative estimate of drug-likeness (QED) is 0.572. The van der Waals surface area contributed by atoms with Gasteiger partial charge in [-0.3, -0.25) is 0 Å². The van der Waals surface area contributed by atoms with E-state index in [0.717, 1.165) is 11.5 Å². The summed E-state index contributed by atoms with van der Waals surface area (Å²) in [5, 5.41) is 4.93. The molecule has 3 aliphatic rings. The number of hydrogen-bond acceptors (Lipinski definition) is 3. The molecule has 1 unspecified atom stereocenters. The van der Waals surface area contributed by atoms with Crippen LogP contribution in [0.4, 0.5) is 5.00 Å². The largest absolute Gasteiger partial charge is 0.353 e. The second kappa shape index (κ2) is 3.56. The second-order valence-electron chi connectivity index (χ2n) is 4.89. The number of thiophene rings is 1. The Morgan fingerprint density at radius 3 is 3.18 bits per heavy atom. The number of fused-ring (bicyclic) bond motifs is 4. The maximum Gasteiger partial charge on any atom is 0.120 e. The van der Waals surface area contributed by atoms with Crippen LogP contribution in [0.15, 0.2) is 12.2 Å². The number of thiocarbonyl (C=S) groups is 1.